The van der Waals surface area contributed by atoms with Crippen LogP contribution >= 0.6 is 0 Å². The van der Waals surface area contributed by atoms with E-state index in [9.17, 15) is 18.0 Å². The number of carbonyl (C=O) groups is 1. The Morgan fingerprint density at radius 3 is 2.86 bits per heavy atom. The molecule has 3 rings (SSSR count). The fraction of sp³-hybridized carbons (Fsp3) is 0.429. The fourth-order valence-corrected chi connectivity index (χ4v) is 2.85. The molecule has 22 heavy (non-hydrogen) atoms. The molecule has 2 aliphatic heterocycles. The first kappa shape index (κ1) is 14.7. The van der Waals surface area contributed by atoms with Gasteiger partial charge in [-0.3, -0.25) is 4.90 Å². The molecule has 2 heterocycles. The van der Waals surface area contributed by atoms with Crippen LogP contribution in [0.15, 0.2) is 18.2 Å². The molecule has 0 aliphatic carbocycles. The van der Waals surface area contributed by atoms with Crippen molar-refractivity contribution in [1.82, 2.24) is 5.32 Å². The molecule has 2 amide bonds. The average molecular weight is 311 g/mol. The second kappa shape index (κ2) is 5.18. The van der Waals surface area contributed by atoms with Crippen molar-refractivity contribution < 1.29 is 22.7 Å². The Morgan fingerprint density at radius 2 is 2.18 bits per heavy atom. The summed E-state index contributed by atoms with van der Waals surface area (Å²) in [6, 6.07) is 3.89. The van der Waals surface area contributed by atoms with Crippen molar-refractivity contribution in [2.24, 2.45) is 0 Å². The average Bonchev–Trinajstić information content (AvgIpc) is 2.81. The third-order valence-electron chi connectivity index (χ3n) is 3.89. The number of alkyl halides is 3. The van der Waals surface area contributed by atoms with Crippen LogP contribution in [0.3, 0.4) is 0 Å². The van der Waals surface area contributed by atoms with E-state index in [0.717, 1.165) is 12.1 Å². The third-order valence-corrected chi connectivity index (χ3v) is 3.89. The van der Waals surface area contributed by atoms with Crippen LogP contribution in [0.25, 0.3) is 0 Å². The first-order valence-electron chi connectivity index (χ1n) is 6.70. The summed E-state index contributed by atoms with van der Waals surface area (Å²) in [6.07, 6.45) is -4.03. The molecule has 1 aromatic carbocycles. The predicted molar refractivity (Wildman–Crippen MR) is 70.2 cm³/mol. The minimum Gasteiger partial charge on any atom is -0.379 e. The van der Waals surface area contributed by atoms with E-state index in [1.54, 1.807) is 0 Å². The van der Waals surface area contributed by atoms with E-state index in [-0.39, 0.29) is 24.4 Å². The summed E-state index contributed by atoms with van der Waals surface area (Å²) in [6.45, 7) is 0.779. The maximum Gasteiger partial charge on any atom is 0.417 e. The predicted octanol–water partition coefficient (Wildman–Crippen LogP) is 2.26. The number of carbonyl (C=O) groups excluding carboxylic acids is 1. The van der Waals surface area contributed by atoms with E-state index in [1.165, 1.54) is 17.0 Å². The molecule has 2 aliphatic rings. The van der Waals surface area contributed by atoms with Crippen molar-refractivity contribution in [3.05, 3.63) is 29.3 Å². The molecule has 1 N–H and O–H groups in total. The molecular formula is C14H12F3N3O2. The van der Waals surface area contributed by atoms with E-state index >= 15 is 0 Å². The van der Waals surface area contributed by atoms with Gasteiger partial charge in [-0.2, -0.15) is 18.4 Å². The maximum atomic E-state index is 13.0. The quantitative estimate of drug-likeness (QED) is 0.865. The summed E-state index contributed by atoms with van der Waals surface area (Å²) in [4.78, 5) is 13.3. The van der Waals surface area contributed by atoms with Crippen molar-refractivity contribution in [3.8, 4) is 6.07 Å². The molecule has 116 valence electrons. The van der Waals surface area contributed by atoms with Crippen LogP contribution < -0.4 is 10.2 Å². The fourth-order valence-electron chi connectivity index (χ4n) is 2.85. The van der Waals surface area contributed by atoms with Gasteiger partial charge in [0.2, 0.25) is 0 Å². The van der Waals surface area contributed by atoms with Gasteiger partial charge in [0.25, 0.3) is 0 Å². The Kier molecular flexibility index (Phi) is 3.45. The van der Waals surface area contributed by atoms with Crippen molar-refractivity contribution in [3.63, 3.8) is 0 Å². The number of ether oxygens (including phenoxy) is 1. The van der Waals surface area contributed by atoms with Crippen LogP contribution in [0.4, 0.5) is 23.7 Å². The van der Waals surface area contributed by atoms with Gasteiger partial charge in [0.1, 0.15) is 0 Å². The molecular weight excluding hydrogens is 299 g/mol. The van der Waals surface area contributed by atoms with E-state index in [4.69, 9.17) is 10.00 Å². The van der Waals surface area contributed by atoms with Crippen LogP contribution in [0.2, 0.25) is 0 Å². The summed E-state index contributed by atoms with van der Waals surface area (Å²) in [5.74, 6) is 0. The zero-order valence-corrected chi connectivity index (χ0v) is 11.4. The SMILES string of the molecule is N#Cc1ccc(N2C(=O)NC3CCOCC32)cc1C(F)(F)F. The Morgan fingerprint density at radius 1 is 1.41 bits per heavy atom. The first-order chi connectivity index (χ1) is 10.4. The van der Waals surface area contributed by atoms with Crippen LogP contribution in [0.1, 0.15) is 17.5 Å². The number of rotatable bonds is 1. The summed E-state index contributed by atoms with van der Waals surface area (Å²) in [5, 5.41) is 11.6. The van der Waals surface area contributed by atoms with Crippen molar-refractivity contribution in [2.45, 2.75) is 24.7 Å². The Hall–Kier alpha value is -2.27. The zero-order chi connectivity index (χ0) is 15.9. The second-order valence-corrected chi connectivity index (χ2v) is 5.20. The highest BCUT2D eigenvalue weighted by atomic mass is 19.4. The number of halogens is 3. The number of nitriles is 1. The molecule has 1 aromatic rings. The van der Waals surface area contributed by atoms with Crippen molar-refractivity contribution >= 4 is 11.7 Å². The van der Waals surface area contributed by atoms with Gasteiger partial charge in [0, 0.05) is 12.3 Å². The molecule has 8 heteroatoms. The van der Waals surface area contributed by atoms with Gasteiger partial charge in [0.05, 0.1) is 35.9 Å². The van der Waals surface area contributed by atoms with Gasteiger partial charge in [0.15, 0.2) is 0 Å². The van der Waals surface area contributed by atoms with Crippen LogP contribution in [0, 0.1) is 11.3 Å². The monoisotopic (exact) mass is 311 g/mol. The standard InChI is InChI=1S/C14H12F3N3O2/c15-14(16,17)10-5-9(2-1-8(10)6-18)20-12-7-22-4-3-11(12)19-13(20)21/h1-2,5,11-12H,3-4,7H2,(H,19,21). The van der Waals surface area contributed by atoms with Gasteiger partial charge in [-0.15, -0.1) is 0 Å². The van der Waals surface area contributed by atoms with Gasteiger partial charge in [-0.1, -0.05) is 0 Å². The van der Waals surface area contributed by atoms with Gasteiger partial charge in [-0.05, 0) is 24.6 Å². The summed E-state index contributed by atoms with van der Waals surface area (Å²) in [7, 11) is 0. The molecule has 0 aromatic heterocycles. The number of hydrogen-bond acceptors (Lipinski definition) is 3. The highest BCUT2D eigenvalue weighted by Crippen LogP contribution is 2.36. The number of nitrogens with one attached hydrogen (secondary N) is 1. The Bertz CT molecular complexity index is 654. The van der Waals surface area contributed by atoms with Crippen LogP contribution in [0.5, 0.6) is 0 Å². The Labute approximate surface area is 124 Å². The normalized spacial score (nSPS) is 24.6. The molecule has 0 radical (unpaired) electrons. The summed E-state index contributed by atoms with van der Waals surface area (Å²) < 4.78 is 44.4. The number of fused-ring (bicyclic) bond motifs is 1. The van der Waals surface area contributed by atoms with Gasteiger partial charge < -0.3 is 10.1 Å². The number of hydrogen-bond donors (Lipinski definition) is 1. The lowest BCUT2D eigenvalue weighted by Crippen LogP contribution is -2.44. The molecule has 0 saturated carbocycles. The lowest BCUT2D eigenvalue weighted by molar-refractivity contribution is -0.137. The lowest BCUT2D eigenvalue weighted by atomic mass is 10.0. The van der Waals surface area contributed by atoms with E-state index in [0.29, 0.717) is 13.0 Å². The minimum atomic E-state index is -4.65. The first-order valence-corrected chi connectivity index (χ1v) is 6.70. The van der Waals surface area contributed by atoms with E-state index in [2.05, 4.69) is 5.32 Å². The highest BCUT2D eigenvalue weighted by Gasteiger charge is 2.43. The van der Waals surface area contributed by atoms with E-state index < -0.39 is 23.3 Å². The van der Waals surface area contributed by atoms with E-state index in [1.807, 2.05) is 0 Å². The number of nitrogens with zero attached hydrogens (tertiary/aromatic N) is 2. The number of urea groups is 1. The molecule has 2 saturated heterocycles. The lowest BCUT2D eigenvalue weighted by Gasteiger charge is -2.30. The Balaban J connectivity index is 2.01. The molecule has 5 nitrogen and oxygen atoms in total. The van der Waals surface area contributed by atoms with Crippen molar-refractivity contribution in [2.75, 3.05) is 18.1 Å². The third kappa shape index (κ3) is 2.37. The molecule has 2 unspecified atom stereocenters. The largest absolute Gasteiger partial charge is 0.417 e. The molecule has 0 spiro atoms. The smallest absolute Gasteiger partial charge is 0.379 e. The van der Waals surface area contributed by atoms with Crippen molar-refractivity contribution in [1.29, 1.82) is 5.26 Å². The summed E-state index contributed by atoms with van der Waals surface area (Å²) in [5.41, 5.74) is -1.39. The van der Waals surface area contributed by atoms with Gasteiger partial charge >= 0.3 is 12.2 Å². The summed E-state index contributed by atoms with van der Waals surface area (Å²) >= 11 is 0. The van der Waals surface area contributed by atoms with Crippen LogP contribution in [-0.2, 0) is 10.9 Å². The molecule has 2 fully saturated rings. The second-order valence-electron chi connectivity index (χ2n) is 5.20. The molecule has 0 bridgehead atoms. The van der Waals surface area contributed by atoms with Crippen LogP contribution in [-0.4, -0.2) is 31.3 Å². The maximum absolute atomic E-state index is 13.0. The highest BCUT2D eigenvalue weighted by molar-refractivity contribution is 5.95. The number of benzene rings is 1. The molecule has 2 atom stereocenters. The zero-order valence-electron chi connectivity index (χ0n) is 11.4. The topological polar surface area (TPSA) is 65.4 Å². The minimum absolute atomic E-state index is 0.113. The number of amides is 2. The van der Waals surface area contributed by atoms with Gasteiger partial charge in [-0.25, -0.2) is 4.79 Å². The number of anilines is 1.